The van der Waals surface area contributed by atoms with Gasteiger partial charge < -0.3 is 19.5 Å². The summed E-state index contributed by atoms with van der Waals surface area (Å²) in [5.74, 6) is 1.69. The topological polar surface area (TPSA) is 80.5 Å². The van der Waals surface area contributed by atoms with Gasteiger partial charge >= 0.3 is 6.03 Å². The average molecular weight is 459 g/mol. The molecule has 0 aliphatic rings. The van der Waals surface area contributed by atoms with Gasteiger partial charge in [0.1, 0.15) is 5.75 Å². The highest BCUT2D eigenvalue weighted by Gasteiger charge is 2.12. The van der Waals surface area contributed by atoms with Crippen LogP contribution in [0.5, 0.6) is 5.75 Å². The third-order valence-electron chi connectivity index (χ3n) is 4.30. The fourth-order valence-corrected chi connectivity index (χ4v) is 2.97. The molecule has 0 bridgehead atoms. The Kier molecular flexibility index (Phi) is 7.24. The smallest absolute Gasteiger partial charge is 0.321 e. The lowest BCUT2D eigenvalue weighted by atomic mass is 10.2. The first-order valence-electron chi connectivity index (χ1n) is 9.34. The van der Waals surface area contributed by atoms with E-state index in [2.05, 4.69) is 38.3 Å². The zero-order chi connectivity index (χ0) is 20.6. The zero-order valence-electron chi connectivity index (χ0n) is 16.4. The van der Waals surface area contributed by atoms with E-state index < -0.39 is 0 Å². The lowest BCUT2D eigenvalue weighted by molar-refractivity contribution is 0.222. The number of amides is 2. The number of hydrogen-bond donors (Lipinski definition) is 1. The Labute approximate surface area is 178 Å². The number of aryl methyl sites for hydroxylation is 1. The highest BCUT2D eigenvalue weighted by atomic mass is 79.9. The van der Waals surface area contributed by atoms with Crippen LogP contribution in [0.3, 0.4) is 0 Å². The molecular formula is C21H23BrN4O3. The molecule has 1 N–H and O–H groups in total. The van der Waals surface area contributed by atoms with Crippen LogP contribution in [-0.4, -0.2) is 34.7 Å². The molecule has 1 aromatic heterocycles. The summed E-state index contributed by atoms with van der Waals surface area (Å²) >= 11 is 3.38. The molecule has 2 amide bonds. The Morgan fingerprint density at radius 2 is 2.03 bits per heavy atom. The minimum Gasteiger partial charge on any atom is -0.484 e. The van der Waals surface area contributed by atoms with E-state index in [-0.39, 0.29) is 12.6 Å². The molecule has 7 nitrogen and oxygen atoms in total. The number of nitrogens with one attached hydrogen (secondary N) is 1. The summed E-state index contributed by atoms with van der Waals surface area (Å²) < 4.78 is 11.8. The molecule has 0 radical (unpaired) electrons. The molecule has 0 aliphatic carbocycles. The summed E-state index contributed by atoms with van der Waals surface area (Å²) in [4.78, 5) is 18.2. The van der Waals surface area contributed by atoms with Gasteiger partial charge in [0.2, 0.25) is 0 Å². The van der Waals surface area contributed by atoms with Crippen molar-refractivity contribution in [1.29, 1.82) is 0 Å². The van der Waals surface area contributed by atoms with Crippen LogP contribution in [0.1, 0.15) is 24.2 Å². The van der Waals surface area contributed by atoms with Crippen molar-refractivity contribution < 1.29 is 14.1 Å². The quantitative estimate of drug-likeness (QED) is 0.529. The van der Waals surface area contributed by atoms with Crippen molar-refractivity contribution in [3.8, 4) is 5.75 Å². The number of aromatic nitrogens is 2. The lowest BCUT2D eigenvalue weighted by Gasteiger charge is -2.17. The molecule has 152 valence electrons. The third kappa shape index (κ3) is 6.32. The fourth-order valence-electron chi connectivity index (χ4n) is 2.57. The molecule has 0 aliphatic heterocycles. The van der Waals surface area contributed by atoms with E-state index in [1.54, 1.807) is 11.9 Å². The monoisotopic (exact) mass is 458 g/mol. The van der Waals surface area contributed by atoms with Gasteiger partial charge in [-0.2, -0.15) is 4.98 Å². The van der Waals surface area contributed by atoms with E-state index in [4.69, 9.17) is 9.26 Å². The lowest BCUT2D eigenvalue weighted by Crippen LogP contribution is -2.33. The van der Waals surface area contributed by atoms with Crippen molar-refractivity contribution in [3.63, 3.8) is 0 Å². The SMILES string of the molecule is CCc1ccc(OCc2nc(CCN(C)C(=O)Nc3cccc(Br)c3)no2)cc1. The van der Waals surface area contributed by atoms with E-state index in [1.165, 1.54) is 5.56 Å². The molecule has 0 unspecified atom stereocenters. The number of halogens is 1. The zero-order valence-corrected chi connectivity index (χ0v) is 18.0. The van der Waals surface area contributed by atoms with Gasteiger partial charge in [-0.05, 0) is 42.3 Å². The normalized spacial score (nSPS) is 10.6. The first kappa shape index (κ1) is 20.9. The van der Waals surface area contributed by atoms with Crippen LogP contribution in [0.4, 0.5) is 10.5 Å². The second kappa shape index (κ2) is 10.1. The molecule has 29 heavy (non-hydrogen) atoms. The van der Waals surface area contributed by atoms with Gasteiger partial charge in [-0.25, -0.2) is 4.79 Å². The highest BCUT2D eigenvalue weighted by Crippen LogP contribution is 2.16. The third-order valence-corrected chi connectivity index (χ3v) is 4.79. The van der Waals surface area contributed by atoms with E-state index in [1.807, 2.05) is 48.5 Å². The van der Waals surface area contributed by atoms with Crippen LogP contribution in [0.25, 0.3) is 0 Å². The maximum absolute atomic E-state index is 12.3. The Hall–Kier alpha value is -2.87. The maximum Gasteiger partial charge on any atom is 0.321 e. The predicted octanol–water partition coefficient (Wildman–Crippen LogP) is 4.68. The number of carbonyl (C=O) groups excluding carboxylic acids is 1. The van der Waals surface area contributed by atoms with Crippen molar-refractivity contribution in [2.45, 2.75) is 26.4 Å². The molecule has 2 aromatic carbocycles. The summed E-state index contributed by atoms with van der Waals surface area (Å²) in [7, 11) is 1.72. The molecule has 0 spiro atoms. The van der Waals surface area contributed by atoms with E-state index in [0.717, 1.165) is 22.3 Å². The number of nitrogens with zero attached hydrogens (tertiary/aromatic N) is 3. The Balaban J connectivity index is 1.44. The molecule has 0 fully saturated rings. The van der Waals surface area contributed by atoms with Gasteiger partial charge in [-0.3, -0.25) is 0 Å². The van der Waals surface area contributed by atoms with Crippen molar-refractivity contribution in [2.75, 3.05) is 18.9 Å². The first-order chi connectivity index (χ1) is 14.0. The van der Waals surface area contributed by atoms with Crippen molar-refractivity contribution in [3.05, 3.63) is 70.3 Å². The minimum atomic E-state index is -0.203. The summed E-state index contributed by atoms with van der Waals surface area (Å²) in [6.07, 6.45) is 1.47. The molecule has 1 heterocycles. The van der Waals surface area contributed by atoms with Crippen LogP contribution in [0, 0.1) is 0 Å². The summed E-state index contributed by atoms with van der Waals surface area (Å²) in [5.41, 5.74) is 1.98. The number of carbonyl (C=O) groups is 1. The average Bonchev–Trinajstić information content (AvgIpc) is 3.18. The summed E-state index contributed by atoms with van der Waals surface area (Å²) in [6, 6.07) is 15.1. The number of anilines is 1. The number of likely N-dealkylation sites (N-methyl/N-ethyl adjacent to an activating group) is 1. The van der Waals surface area contributed by atoms with Crippen molar-refractivity contribution in [1.82, 2.24) is 15.0 Å². The largest absolute Gasteiger partial charge is 0.484 e. The highest BCUT2D eigenvalue weighted by molar-refractivity contribution is 9.10. The number of benzene rings is 2. The number of rotatable bonds is 8. The van der Waals surface area contributed by atoms with Crippen LogP contribution >= 0.6 is 15.9 Å². The van der Waals surface area contributed by atoms with E-state index in [9.17, 15) is 4.79 Å². The molecule has 8 heteroatoms. The Bertz CT molecular complexity index is 943. The van der Waals surface area contributed by atoms with E-state index >= 15 is 0 Å². The Morgan fingerprint density at radius 1 is 1.24 bits per heavy atom. The second-order valence-corrected chi connectivity index (χ2v) is 7.42. The van der Waals surface area contributed by atoms with Gasteiger partial charge in [0, 0.05) is 30.2 Å². The van der Waals surface area contributed by atoms with E-state index in [0.29, 0.717) is 24.7 Å². The molecule has 0 saturated heterocycles. The first-order valence-corrected chi connectivity index (χ1v) is 10.1. The van der Waals surface area contributed by atoms with Gasteiger partial charge in [0.05, 0.1) is 0 Å². The number of hydrogen-bond acceptors (Lipinski definition) is 5. The van der Waals surface area contributed by atoms with Gasteiger partial charge in [-0.1, -0.05) is 46.2 Å². The number of ether oxygens (including phenoxy) is 1. The molecule has 0 saturated carbocycles. The van der Waals surface area contributed by atoms with Crippen LogP contribution in [-0.2, 0) is 19.4 Å². The molecule has 0 atom stereocenters. The van der Waals surface area contributed by atoms with Crippen LogP contribution in [0.2, 0.25) is 0 Å². The van der Waals surface area contributed by atoms with Crippen molar-refractivity contribution in [2.24, 2.45) is 0 Å². The van der Waals surface area contributed by atoms with Gasteiger partial charge in [-0.15, -0.1) is 0 Å². The Morgan fingerprint density at radius 3 is 2.76 bits per heavy atom. The maximum atomic E-state index is 12.3. The molecule has 3 rings (SSSR count). The minimum absolute atomic E-state index is 0.203. The molecule has 3 aromatic rings. The van der Waals surface area contributed by atoms with Crippen LogP contribution in [0.15, 0.2) is 57.5 Å². The second-order valence-electron chi connectivity index (χ2n) is 6.50. The van der Waals surface area contributed by atoms with Crippen molar-refractivity contribution >= 4 is 27.6 Å². The van der Waals surface area contributed by atoms with Gasteiger partial charge in [0.25, 0.3) is 5.89 Å². The summed E-state index contributed by atoms with van der Waals surface area (Å²) in [5, 5.41) is 6.80. The standard InChI is InChI=1S/C21H23BrN4O3/c1-3-15-7-9-18(10-8-15)28-14-20-24-19(25-29-20)11-12-26(2)21(27)23-17-6-4-5-16(22)13-17/h4-10,13H,3,11-12,14H2,1-2H3,(H,23,27). The van der Waals surface area contributed by atoms with Crippen LogP contribution < -0.4 is 10.1 Å². The van der Waals surface area contributed by atoms with Gasteiger partial charge in [0.15, 0.2) is 12.4 Å². The fraction of sp³-hybridized carbons (Fsp3) is 0.286. The summed E-state index contributed by atoms with van der Waals surface area (Å²) in [6.45, 7) is 2.77. The predicted molar refractivity (Wildman–Crippen MR) is 114 cm³/mol. The molecular weight excluding hydrogens is 436 g/mol. The number of urea groups is 1.